The zero-order chi connectivity index (χ0) is 22.4. The van der Waals surface area contributed by atoms with Crippen LogP contribution in [0.5, 0.6) is 5.75 Å². The van der Waals surface area contributed by atoms with Crippen LogP contribution in [0.25, 0.3) is 0 Å². The van der Waals surface area contributed by atoms with Gasteiger partial charge in [0.1, 0.15) is 23.8 Å². The summed E-state index contributed by atoms with van der Waals surface area (Å²) in [6.45, 7) is 13.9. The molecule has 0 radical (unpaired) electrons. The number of benzene rings is 1. The van der Waals surface area contributed by atoms with Gasteiger partial charge in [-0.15, -0.1) is 0 Å². The Morgan fingerprint density at radius 2 is 1.93 bits per heavy atom. The Bertz CT molecular complexity index is 722. The number of aryl methyl sites for hydroxylation is 1. The molecule has 0 spiro atoms. The van der Waals surface area contributed by atoms with Crippen molar-refractivity contribution in [3.8, 4) is 5.75 Å². The maximum atomic E-state index is 13.8. The molecule has 1 aliphatic heterocycles. The Hall–Kier alpha value is -2.02. The summed E-state index contributed by atoms with van der Waals surface area (Å²) in [5, 5.41) is 0.213. The van der Waals surface area contributed by atoms with Gasteiger partial charge in [0, 0.05) is 25.2 Å². The molecule has 1 fully saturated rings. The number of hydrogen-bond acceptors (Lipinski definition) is 4. The minimum Gasteiger partial charge on any atom is -0.490 e. The van der Waals surface area contributed by atoms with E-state index in [1.807, 2.05) is 13.8 Å². The predicted octanol–water partition coefficient (Wildman–Crippen LogP) is 4.58. The van der Waals surface area contributed by atoms with E-state index in [4.69, 9.17) is 21.1 Å². The molecule has 1 aromatic rings. The van der Waals surface area contributed by atoms with Crippen molar-refractivity contribution in [2.75, 3.05) is 26.2 Å². The van der Waals surface area contributed by atoms with Crippen LogP contribution < -0.4 is 4.74 Å². The molecule has 29 heavy (non-hydrogen) atoms. The summed E-state index contributed by atoms with van der Waals surface area (Å²) < 4.78 is 25.0. The van der Waals surface area contributed by atoms with Crippen LogP contribution in [-0.2, 0) is 9.53 Å². The molecule has 2 rings (SSSR count). The maximum absolute atomic E-state index is 13.8. The van der Waals surface area contributed by atoms with Gasteiger partial charge in [-0.05, 0) is 46.2 Å². The van der Waals surface area contributed by atoms with E-state index >= 15 is 0 Å². The summed E-state index contributed by atoms with van der Waals surface area (Å²) in [5.74, 6) is -0.0102. The summed E-state index contributed by atoms with van der Waals surface area (Å²) in [6, 6.07) is 1.01. The Labute approximate surface area is 177 Å². The Kier molecular flexibility index (Phi) is 9.20. The van der Waals surface area contributed by atoms with E-state index in [9.17, 15) is 14.0 Å². The van der Waals surface area contributed by atoms with Crippen molar-refractivity contribution in [3.05, 3.63) is 28.0 Å². The van der Waals surface area contributed by atoms with Gasteiger partial charge in [0.25, 0.3) is 0 Å². The van der Waals surface area contributed by atoms with E-state index in [2.05, 4.69) is 0 Å². The number of hydrogen-bond donors (Lipinski definition) is 0. The Morgan fingerprint density at radius 1 is 1.31 bits per heavy atom. The number of piperazine rings is 1. The molecule has 1 aliphatic rings. The molecule has 0 aromatic heterocycles. The molecule has 2 amide bonds. The van der Waals surface area contributed by atoms with Gasteiger partial charge in [-0.2, -0.15) is 0 Å². The third-order valence-corrected chi connectivity index (χ3v) is 4.78. The van der Waals surface area contributed by atoms with Gasteiger partial charge in [-0.25, -0.2) is 9.18 Å². The normalized spacial score (nSPS) is 16.7. The highest BCUT2D eigenvalue weighted by Gasteiger charge is 2.32. The van der Waals surface area contributed by atoms with Crippen LogP contribution in [0.4, 0.5) is 9.18 Å². The number of amides is 2. The van der Waals surface area contributed by atoms with Crippen molar-refractivity contribution in [3.63, 3.8) is 0 Å². The van der Waals surface area contributed by atoms with Crippen molar-refractivity contribution in [1.82, 2.24) is 9.80 Å². The van der Waals surface area contributed by atoms with Gasteiger partial charge in [0.15, 0.2) is 0 Å². The van der Waals surface area contributed by atoms with Gasteiger partial charge in [0.05, 0.1) is 11.1 Å². The molecule has 1 aromatic carbocycles. The molecule has 6 nitrogen and oxygen atoms in total. The molecule has 1 atom stereocenters. The van der Waals surface area contributed by atoms with E-state index in [1.165, 1.54) is 6.07 Å². The fraction of sp³-hybridized carbons (Fsp3) is 0.619. The van der Waals surface area contributed by atoms with E-state index in [0.717, 1.165) is 6.41 Å². The number of rotatable bonds is 4. The molecule has 164 valence electrons. The van der Waals surface area contributed by atoms with Crippen LogP contribution in [-0.4, -0.2) is 60.2 Å². The highest BCUT2D eigenvalue weighted by atomic mass is 35.5. The fourth-order valence-electron chi connectivity index (χ4n) is 2.82. The van der Waals surface area contributed by atoms with Gasteiger partial charge >= 0.3 is 6.09 Å². The molecule has 1 heterocycles. The first-order valence-electron chi connectivity index (χ1n) is 9.80. The standard InChI is InChI=1S/C19H26ClFN2O4.C2H6/c1-12-8-15(21)13(2)16(20)17(12)26-10-14-9-22(6-7-23(14)11-24)18(25)27-19(3,4)5;1-2/h8,11,14H,6-7,9-10H2,1-5H3;1-2H3. The number of carbonyl (C=O) groups excluding carboxylic acids is 2. The summed E-state index contributed by atoms with van der Waals surface area (Å²) in [7, 11) is 0. The molecular formula is C21H32ClFN2O4. The van der Waals surface area contributed by atoms with Gasteiger partial charge < -0.3 is 19.3 Å². The van der Waals surface area contributed by atoms with Gasteiger partial charge in [0.2, 0.25) is 6.41 Å². The molecule has 0 N–H and O–H groups in total. The molecule has 1 saturated heterocycles. The molecule has 0 bridgehead atoms. The van der Waals surface area contributed by atoms with Crippen molar-refractivity contribution < 1.29 is 23.5 Å². The quantitative estimate of drug-likeness (QED) is 0.656. The average Bonchev–Trinajstić information content (AvgIpc) is 2.66. The molecule has 0 aliphatic carbocycles. The number of ether oxygens (including phenoxy) is 2. The zero-order valence-electron chi connectivity index (χ0n) is 18.3. The first-order chi connectivity index (χ1) is 13.5. The topological polar surface area (TPSA) is 59.1 Å². The second kappa shape index (κ2) is 10.7. The number of carbonyl (C=O) groups is 2. The lowest BCUT2D eigenvalue weighted by Crippen LogP contribution is -2.56. The lowest BCUT2D eigenvalue weighted by Gasteiger charge is -2.39. The number of halogens is 2. The first kappa shape index (κ1) is 25.0. The minimum absolute atomic E-state index is 0.129. The lowest BCUT2D eigenvalue weighted by molar-refractivity contribution is -0.123. The molecule has 1 unspecified atom stereocenters. The van der Waals surface area contributed by atoms with Crippen molar-refractivity contribution in [2.24, 2.45) is 0 Å². The monoisotopic (exact) mass is 430 g/mol. The predicted molar refractivity (Wildman–Crippen MR) is 112 cm³/mol. The van der Waals surface area contributed by atoms with E-state index in [1.54, 1.807) is 44.4 Å². The van der Waals surface area contributed by atoms with Crippen LogP contribution in [0.2, 0.25) is 5.02 Å². The van der Waals surface area contributed by atoms with E-state index in [0.29, 0.717) is 30.0 Å². The first-order valence-corrected chi connectivity index (χ1v) is 10.2. The summed E-state index contributed by atoms with van der Waals surface area (Å²) in [5.41, 5.74) is 0.283. The van der Waals surface area contributed by atoms with Crippen molar-refractivity contribution in [1.29, 1.82) is 0 Å². The van der Waals surface area contributed by atoms with Crippen LogP contribution in [0, 0.1) is 19.7 Å². The lowest BCUT2D eigenvalue weighted by atomic mass is 10.1. The largest absolute Gasteiger partial charge is 0.490 e. The fourth-order valence-corrected chi connectivity index (χ4v) is 3.11. The van der Waals surface area contributed by atoms with E-state index < -0.39 is 17.5 Å². The van der Waals surface area contributed by atoms with Gasteiger partial charge in [-0.3, -0.25) is 4.79 Å². The average molecular weight is 431 g/mol. The van der Waals surface area contributed by atoms with Crippen molar-refractivity contribution >= 4 is 24.1 Å². The van der Waals surface area contributed by atoms with Crippen molar-refractivity contribution in [2.45, 2.75) is 60.1 Å². The third-order valence-electron chi connectivity index (χ3n) is 4.32. The Balaban J connectivity index is 0.00000204. The second-order valence-corrected chi connectivity index (χ2v) is 8.06. The highest BCUT2D eigenvalue weighted by Crippen LogP contribution is 2.33. The number of nitrogens with zero attached hydrogens (tertiary/aromatic N) is 2. The molecule has 0 saturated carbocycles. The molecule has 8 heteroatoms. The summed E-state index contributed by atoms with van der Waals surface area (Å²) in [6.07, 6.45) is 0.315. The van der Waals surface area contributed by atoms with E-state index in [-0.39, 0.29) is 24.2 Å². The van der Waals surface area contributed by atoms with Crippen LogP contribution in [0.15, 0.2) is 6.07 Å². The van der Waals surface area contributed by atoms with Crippen LogP contribution >= 0.6 is 11.6 Å². The smallest absolute Gasteiger partial charge is 0.410 e. The van der Waals surface area contributed by atoms with Gasteiger partial charge in [-0.1, -0.05) is 25.4 Å². The third kappa shape index (κ3) is 6.77. The maximum Gasteiger partial charge on any atom is 0.410 e. The summed E-state index contributed by atoms with van der Waals surface area (Å²) in [4.78, 5) is 26.8. The zero-order valence-corrected chi connectivity index (χ0v) is 19.1. The Morgan fingerprint density at radius 3 is 2.48 bits per heavy atom. The molecular weight excluding hydrogens is 399 g/mol. The second-order valence-electron chi connectivity index (χ2n) is 7.68. The minimum atomic E-state index is -0.596. The highest BCUT2D eigenvalue weighted by molar-refractivity contribution is 6.33. The SMILES string of the molecule is CC.Cc1cc(F)c(C)c(Cl)c1OCC1CN(C(=O)OC(C)(C)C)CCN1C=O. The van der Waals surface area contributed by atoms with Crippen LogP contribution in [0.1, 0.15) is 45.7 Å². The van der Waals surface area contributed by atoms with Crippen LogP contribution in [0.3, 0.4) is 0 Å². The summed E-state index contributed by atoms with van der Waals surface area (Å²) >= 11 is 6.21.